The minimum atomic E-state index is -1.03. The fourth-order valence-electron chi connectivity index (χ4n) is 0.377. The molecular weight excluding hydrogens is 134 g/mol. The first-order valence-electron chi connectivity index (χ1n) is 3.23. The van der Waals surface area contributed by atoms with Gasteiger partial charge in [0.15, 0.2) is 0 Å². The molecule has 0 fully saturated rings. The molecule has 3 N–H and O–H groups in total. The van der Waals surface area contributed by atoms with Gasteiger partial charge in [0.25, 0.3) is 0 Å². The first-order chi connectivity index (χ1) is 4.68. The zero-order valence-electron chi connectivity index (χ0n) is 6.04. The van der Waals surface area contributed by atoms with Crippen LogP contribution in [-0.2, 0) is 9.53 Å². The average Bonchev–Trinajstić information content (AvgIpc) is 1.88. The lowest BCUT2D eigenvalue weighted by Crippen LogP contribution is -2.20. The van der Waals surface area contributed by atoms with Crippen molar-refractivity contribution in [3.05, 3.63) is 0 Å². The number of hydrogen-bond donors (Lipinski definition) is 2. The van der Waals surface area contributed by atoms with E-state index in [-0.39, 0.29) is 0 Å². The number of aliphatic hydroxyl groups excluding tert-OH is 1. The van der Waals surface area contributed by atoms with Gasteiger partial charge >= 0.3 is 5.97 Å². The highest BCUT2D eigenvalue weighted by atomic mass is 16.5. The predicted octanol–water partition coefficient (Wildman–Crippen LogP) is -0.741. The van der Waals surface area contributed by atoms with Gasteiger partial charge in [-0.1, -0.05) is 0 Å². The Hall–Kier alpha value is -0.610. The molecule has 0 aliphatic rings. The average molecular weight is 147 g/mol. The van der Waals surface area contributed by atoms with E-state index < -0.39 is 12.1 Å². The number of hydrogen-bond acceptors (Lipinski definition) is 4. The summed E-state index contributed by atoms with van der Waals surface area (Å²) >= 11 is 0. The Morgan fingerprint density at radius 1 is 1.80 bits per heavy atom. The summed E-state index contributed by atoms with van der Waals surface area (Å²) in [6.45, 7) is 2.15. The van der Waals surface area contributed by atoms with E-state index in [2.05, 4.69) is 4.74 Å². The predicted molar refractivity (Wildman–Crippen MR) is 36.3 cm³/mol. The maximum absolute atomic E-state index is 10.5. The van der Waals surface area contributed by atoms with Crippen LogP contribution in [0.3, 0.4) is 0 Å². The smallest absolute Gasteiger partial charge is 0.334 e. The number of rotatable bonds is 4. The van der Waals surface area contributed by atoms with Crippen LogP contribution in [0.25, 0.3) is 0 Å². The molecule has 0 aliphatic carbocycles. The third-order valence-electron chi connectivity index (χ3n) is 0.934. The van der Waals surface area contributed by atoms with E-state index in [0.29, 0.717) is 19.6 Å². The minimum absolute atomic E-state index is 0.292. The van der Waals surface area contributed by atoms with E-state index in [1.54, 1.807) is 0 Å². The van der Waals surface area contributed by atoms with Crippen molar-refractivity contribution in [1.82, 2.24) is 0 Å². The molecule has 0 spiro atoms. The van der Waals surface area contributed by atoms with Gasteiger partial charge in [0.05, 0.1) is 6.61 Å². The molecule has 10 heavy (non-hydrogen) atoms. The van der Waals surface area contributed by atoms with Gasteiger partial charge in [-0.25, -0.2) is 4.79 Å². The van der Waals surface area contributed by atoms with Gasteiger partial charge in [-0.3, -0.25) is 0 Å². The third kappa shape index (κ3) is 4.29. The van der Waals surface area contributed by atoms with Gasteiger partial charge < -0.3 is 15.6 Å². The number of esters is 1. The van der Waals surface area contributed by atoms with Gasteiger partial charge in [0, 0.05) is 0 Å². The molecule has 4 nitrogen and oxygen atoms in total. The molecule has 0 aliphatic heterocycles. The maximum atomic E-state index is 10.5. The van der Waals surface area contributed by atoms with E-state index in [1.165, 1.54) is 6.92 Å². The Bertz CT molecular complexity index is 103. The lowest BCUT2D eigenvalue weighted by atomic mass is 10.4. The van der Waals surface area contributed by atoms with Gasteiger partial charge in [-0.05, 0) is 19.9 Å². The molecule has 60 valence electrons. The summed E-state index contributed by atoms with van der Waals surface area (Å²) in [4.78, 5) is 10.5. The maximum Gasteiger partial charge on any atom is 0.334 e. The Labute approximate surface area is 60.0 Å². The van der Waals surface area contributed by atoms with Crippen LogP contribution < -0.4 is 5.73 Å². The summed E-state index contributed by atoms with van der Waals surface area (Å²) in [6.07, 6.45) is -0.392. The van der Waals surface area contributed by atoms with E-state index in [0.717, 1.165) is 0 Å². The van der Waals surface area contributed by atoms with Crippen molar-refractivity contribution in [2.45, 2.75) is 19.4 Å². The monoisotopic (exact) mass is 147 g/mol. The molecule has 0 saturated carbocycles. The largest absolute Gasteiger partial charge is 0.464 e. The van der Waals surface area contributed by atoms with Crippen molar-refractivity contribution >= 4 is 5.97 Å². The second-order valence-electron chi connectivity index (χ2n) is 1.99. The molecule has 0 saturated heterocycles. The van der Waals surface area contributed by atoms with Crippen molar-refractivity contribution in [1.29, 1.82) is 0 Å². The van der Waals surface area contributed by atoms with Gasteiger partial charge in [0.2, 0.25) is 0 Å². The van der Waals surface area contributed by atoms with Crippen LogP contribution in [0.4, 0.5) is 0 Å². The molecule has 0 aromatic rings. The summed E-state index contributed by atoms with van der Waals surface area (Å²) in [5, 5.41) is 8.61. The van der Waals surface area contributed by atoms with Crippen molar-refractivity contribution in [3.8, 4) is 0 Å². The summed E-state index contributed by atoms with van der Waals surface area (Å²) in [6, 6.07) is 0. The Morgan fingerprint density at radius 2 is 2.40 bits per heavy atom. The molecule has 0 rings (SSSR count). The number of carbonyl (C=O) groups excluding carboxylic acids is 1. The van der Waals surface area contributed by atoms with E-state index in [4.69, 9.17) is 10.8 Å². The number of aliphatic hydroxyl groups is 1. The lowest BCUT2D eigenvalue weighted by Gasteiger charge is -2.04. The van der Waals surface area contributed by atoms with E-state index >= 15 is 0 Å². The fraction of sp³-hybridized carbons (Fsp3) is 0.833. The Morgan fingerprint density at radius 3 is 2.80 bits per heavy atom. The van der Waals surface area contributed by atoms with Crippen LogP contribution in [-0.4, -0.2) is 30.3 Å². The molecule has 0 amide bonds. The van der Waals surface area contributed by atoms with Crippen LogP contribution in [0.1, 0.15) is 13.3 Å². The first-order valence-corrected chi connectivity index (χ1v) is 3.23. The van der Waals surface area contributed by atoms with Crippen LogP contribution in [0, 0.1) is 0 Å². The molecule has 0 aromatic carbocycles. The van der Waals surface area contributed by atoms with Crippen LogP contribution in [0.5, 0.6) is 0 Å². The zero-order chi connectivity index (χ0) is 7.98. The zero-order valence-corrected chi connectivity index (χ0v) is 6.04. The highest BCUT2D eigenvalue weighted by molar-refractivity contribution is 5.73. The molecular formula is C6H13NO3. The van der Waals surface area contributed by atoms with Crippen molar-refractivity contribution < 1.29 is 14.6 Å². The number of nitrogens with two attached hydrogens (primary N) is 1. The summed E-state index contributed by atoms with van der Waals surface area (Å²) in [5.41, 5.74) is 5.14. The van der Waals surface area contributed by atoms with Crippen LogP contribution in [0.2, 0.25) is 0 Å². The van der Waals surface area contributed by atoms with E-state index in [1.807, 2.05) is 0 Å². The standard InChI is InChI=1S/C6H13NO3/c1-5(8)6(9)10-4-2-3-7/h5,8H,2-4,7H2,1H3/t5-/m0/s1. The highest BCUT2D eigenvalue weighted by Gasteiger charge is 2.08. The lowest BCUT2D eigenvalue weighted by molar-refractivity contribution is -0.152. The summed E-state index contributed by atoms with van der Waals surface area (Å²) in [7, 11) is 0. The summed E-state index contributed by atoms with van der Waals surface area (Å²) < 4.78 is 4.57. The van der Waals surface area contributed by atoms with E-state index in [9.17, 15) is 4.79 Å². The van der Waals surface area contributed by atoms with Gasteiger partial charge in [0.1, 0.15) is 6.10 Å². The molecule has 1 atom stereocenters. The quantitative estimate of drug-likeness (QED) is 0.406. The van der Waals surface area contributed by atoms with Gasteiger partial charge in [-0.2, -0.15) is 0 Å². The first kappa shape index (κ1) is 9.39. The SMILES string of the molecule is C[C@H](O)C(=O)OCCCN. The van der Waals surface area contributed by atoms with Crippen LogP contribution in [0.15, 0.2) is 0 Å². The second kappa shape index (κ2) is 5.20. The molecule has 0 aromatic heterocycles. The van der Waals surface area contributed by atoms with Gasteiger partial charge in [-0.15, -0.1) is 0 Å². The normalized spacial score (nSPS) is 12.7. The van der Waals surface area contributed by atoms with Crippen molar-refractivity contribution in [2.24, 2.45) is 5.73 Å². The van der Waals surface area contributed by atoms with Crippen LogP contribution >= 0.6 is 0 Å². The molecule has 0 heterocycles. The molecule has 0 radical (unpaired) electrons. The molecule has 0 bridgehead atoms. The number of carbonyl (C=O) groups is 1. The fourth-order valence-corrected chi connectivity index (χ4v) is 0.377. The minimum Gasteiger partial charge on any atom is -0.464 e. The topological polar surface area (TPSA) is 72.5 Å². The van der Waals surface area contributed by atoms with Crippen molar-refractivity contribution in [3.63, 3.8) is 0 Å². The Kier molecular flexibility index (Phi) is 4.88. The highest BCUT2D eigenvalue weighted by Crippen LogP contribution is 1.87. The van der Waals surface area contributed by atoms with Crippen molar-refractivity contribution in [2.75, 3.05) is 13.2 Å². The third-order valence-corrected chi connectivity index (χ3v) is 0.934. The number of ether oxygens (including phenoxy) is 1. The Balaban J connectivity index is 3.22. The second-order valence-corrected chi connectivity index (χ2v) is 1.99. The molecule has 4 heteroatoms. The summed E-state index contributed by atoms with van der Waals surface area (Å²) in [5.74, 6) is -0.589. The molecule has 0 unspecified atom stereocenters.